The maximum Gasteiger partial charge on any atom is 0.220 e. The topological polar surface area (TPSA) is 55.1 Å². The van der Waals surface area contributed by atoms with E-state index in [2.05, 4.69) is 30.4 Å². The third kappa shape index (κ3) is 4.25. The van der Waals surface area contributed by atoms with E-state index in [0.29, 0.717) is 18.9 Å². The van der Waals surface area contributed by atoms with E-state index in [1.54, 1.807) is 0 Å². The molecule has 0 fully saturated rings. The summed E-state index contributed by atoms with van der Waals surface area (Å²) in [7, 11) is 0. The summed E-state index contributed by atoms with van der Waals surface area (Å²) in [6.07, 6.45) is 3.54. The highest BCUT2D eigenvalue weighted by Gasteiger charge is 2.21. The molecule has 2 unspecified atom stereocenters. The number of benzene rings is 1. The zero-order valence-electron chi connectivity index (χ0n) is 12.1. The number of fused-ring (bicyclic) bond motifs is 1. The molecule has 0 spiro atoms. The van der Waals surface area contributed by atoms with Crippen molar-refractivity contribution in [1.82, 2.24) is 5.32 Å². The minimum atomic E-state index is 0.167. The van der Waals surface area contributed by atoms with E-state index in [-0.39, 0.29) is 11.9 Å². The second-order valence-corrected chi connectivity index (χ2v) is 6.65. The molecule has 0 radical (unpaired) electrons. The summed E-state index contributed by atoms with van der Waals surface area (Å²) in [5.41, 5.74) is 6.81. The number of amides is 1. The number of hydrogen-bond acceptors (Lipinski definition) is 3. The first-order chi connectivity index (χ1) is 9.70. The lowest BCUT2D eigenvalue weighted by Gasteiger charge is -2.26. The van der Waals surface area contributed by atoms with Crippen LogP contribution in [-0.2, 0) is 4.79 Å². The predicted molar refractivity (Wildman–Crippen MR) is 84.7 cm³/mol. The van der Waals surface area contributed by atoms with Crippen molar-refractivity contribution in [2.45, 2.75) is 43.5 Å². The zero-order valence-corrected chi connectivity index (χ0v) is 12.9. The molecule has 1 aliphatic rings. The Morgan fingerprint density at radius 1 is 1.45 bits per heavy atom. The summed E-state index contributed by atoms with van der Waals surface area (Å²) in [6, 6.07) is 8.56. The van der Waals surface area contributed by atoms with E-state index in [9.17, 15) is 4.79 Å². The van der Waals surface area contributed by atoms with Crippen LogP contribution in [0.2, 0.25) is 0 Å². The predicted octanol–water partition coefficient (Wildman–Crippen LogP) is 3.10. The van der Waals surface area contributed by atoms with Gasteiger partial charge in [0.15, 0.2) is 0 Å². The Kier molecular flexibility index (Phi) is 5.92. The molecule has 0 bridgehead atoms. The minimum Gasteiger partial charge on any atom is -0.349 e. The molecule has 3 N–H and O–H groups in total. The second kappa shape index (κ2) is 7.70. The van der Waals surface area contributed by atoms with Crippen molar-refractivity contribution in [2.75, 3.05) is 12.3 Å². The quantitative estimate of drug-likeness (QED) is 0.847. The second-order valence-electron chi connectivity index (χ2n) is 5.52. The van der Waals surface area contributed by atoms with Crippen LogP contribution in [0, 0.1) is 5.92 Å². The van der Waals surface area contributed by atoms with Gasteiger partial charge in [0.05, 0.1) is 6.04 Å². The number of nitrogens with one attached hydrogen (secondary N) is 1. The molecule has 2 rings (SSSR count). The van der Waals surface area contributed by atoms with Gasteiger partial charge in [-0.1, -0.05) is 25.1 Å². The average Bonchev–Trinajstić information content (AvgIpc) is 2.46. The molecule has 0 aliphatic carbocycles. The summed E-state index contributed by atoms with van der Waals surface area (Å²) < 4.78 is 0. The van der Waals surface area contributed by atoms with Crippen LogP contribution in [0.5, 0.6) is 0 Å². The third-order valence-corrected chi connectivity index (χ3v) is 4.94. The molecule has 1 heterocycles. The van der Waals surface area contributed by atoms with E-state index in [4.69, 9.17) is 5.73 Å². The molecule has 0 aromatic heterocycles. The van der Waals surface area contributed by atoms with E-state index in [1.165, 1.54) is 10.5 Å². The number of rotatable bonds is 6. The van der Waals surface area contributed by atoms with E-state index in [1.807, 2.05) is 17.8 Å². The molecule has 0 saturated carbocycles. The number of nitrogens with two attached hydrogens (primary N) is 1. The molecular weight excluding hydrogens is 268 g/mol. The van der Waals surface area contributed by atoms with Crippen molar-refractivity contribution in [3.05, 3.63) is 29.8 Å². The highest BCUT2D eigenvalue weighted by Crippen LogP contribution is 2.35. The lowest BCUT2D eigenvalue weighted by molar-refractivity contribution is -0.122. The summed E-state index contributed by atoms with van der Waals surface area (Å²) >= 11 is 1.88. The summed E-state index contributed by atoms with van der Waals surface area (Å²) in [5.74, 6) is 1.77. The van der Waals surface area contributed by atoms with Gasteiger partial charge in [0.1, 0.15) is 0 Å². The molecule has 2 atom stereocenters. The van der Waals surface area contributed by atoms with E-state index in [0.717, 1.165) is 25.0 Å². The largest absolute Gasteiger partial charge is 0.349 e. The molecule has 1 aliphatic heterocycles. The minimum absolute atomic E-state index is 0.167. The molecule has 1 aromatic carbocycles. The van der Waals surface area contributed by atoms with Crippen molar-refractivity contribution in [2.24, 2.45) is 11.7 Å². The van der Waals surface area contributed by atoms with Crippen molar-refractivity contribution in [3.63, 3.8) is 0 Å². The van der Waals surface area contributed by atoms with Gasteiger partial charge in [0.2, 0.25) is 5.91 Å². The number of carbonyl (C=O) groups is 1. The van der Waals surface area contributed by atoms with Crippen LogP contribution < -0.4 is 11.1 Å². The fourth-order valence-electron chi connectivity index (χ4n) is 2.56. The first-order valence-corrected chi connectivity index (χ1v) is 8.40. The van der Waals surface area contributed by atoms with Gasteiger partial charge in [-0.2, -0.15) is 0 Å². The van der Waals surface area contributed by atoms with Gasteiger partial charge in [0.25, 0.3) is 0 Å². The normalized spacial score (nSPS) is 19.2. The third-order valence-electron chi connectivity index (χ3n) is 3.82. The zero-order chi connectivity index (χ0) is 14.4. The van der Waals surface area contributed by atoms with E-state index < -0.39 is 0 Å². The average molecular weight is 292 g/mol. The molecule has 110 valence electrons. The van der Waals surface area contributed by atoms with Crippen molar-refractivity contribution >= 4 is 17.7 Å². The lowest BCUT2D eigenvalue weighted by Crippen LogP contribution is -2.30. The summed E-state index contributed by atoms with van der Waals surface area (Å²) in [6.45, 7) is 2.86. The van der Waals surface area contributed by atoms with Gasteiger partial charge in [-0.05, 0) is 43.4 Å². The molecule has 4 heteroatoms. The van der Waals surface area contributed by atoms with Crippen LogP contribution >= 0.6 is 11.8 Å². The molecule has 1 amide bonds. The fraction of sp³-hybridized carbons (Fsp3) is 0.562. The number of thioether (sulfide) groups is 1. The van der Waals surface area contributed by atoms with Crippen molar-refractivity contribution in [1.29, 1.82) is 0 Å². The summed E-state index contributed by atoms with van der Waals surface area (Å²) in [4.78, 5) is 13.4. The Labute approximate surface area is 125 Å². The Balaban J connectivity index is 1.86. The highest BCUT2D eigenvalue weighted by molar-refractivity contribution is 7.99. The van der Waals surface area contributed by atoms with Gasteiger partial charge in [0, 0.05) is 17.1 Å². The van der Waals surface area contributed by atoms with Crippen LogP contribution in [0.15, 0.2) is 29.2 Å². The number of hydrogen-bond donors (Lipinski definition) is 2. The Morgan fingerprint density at radius 2 is 2.25 bits per heavy atom. The molecular formula is C16H24N2OS. The SMILES string of the molecule is CC(CCN)CCC(=O)NC1CCSc2ccccc21. The standard InChI is InChI=1S/C16H24N2OS/c1-12(8-10-17)6-7-16(19)18-14-9-11-20-15-5-3-2-4-13(14)15/h2-5,12,14H,6-11,17H2,1H3,(H,18,19). The molecule has 0 saturated heterocycles. The number of carbonyl (C=O) groups excluding carboxylic acids is 1. The van der Waals surface area contributed by atoms with Crippen LogP contribution in [0.25, 0.3) is 0 Å². The smallest absolute Gasteiger partial charge is 0.220 e. The van der Waals surface area contributed by atoms with Gasteiger partial charge >= 0.3 is 0 Å². The summed E-state index contributed by atoms with van der Waals surface area (Å²) in [5, 5.41) is 3.19. The lowest BCUT2D eigenvalue weighted by atomic mass is 10.0. The Morgan fingerprint density at radius 3 is 3.05 bits per heavy atom. The van der Waals surface area contributed by atoms with Crippen molar-refractivity contribution in [3.8, 4) is 0 Å². The van der Waals surface area contributed by atoms with Gasteiger partial charge in [-0.3, -0.25) is 4.79 Å². The monoisotopic (exact) mass is 292 g/mol. The maximum absolute atomic E-state index is 12.1. The highest BCUT2D eigenvalue weighted by atomic mass is 32.2. The van der Waals surface area contributed by atoms with Gasteiger partial charge in [-0.25, -0.2) is 0 Å². The van der Waals surface area contributed by atoms with Crippen LogP contribution in [0.1, 0.15) is 44.2 Å². The fourth-order valence-corrected chi connectivity index (χ4v) is 3.69. The maximum atomic E-state index is 12.1. The van der Waals surface area contributed by atoms with Crippen LogP contribution in [-0.4, -0.2) is 18.2 Å². The molecule has 3 nitrogen and oxygen atoms in total. The first-order valence-electron chi connectivity index (χ1n) is 7.42. The Bertz CT molecular complexity index is 450. The van der Waals surface area contributed by atoms with Gasteiger partial charge < -0.3 is 11.1 Å². The van der Waals surface area contributed by atoms with Crippen LogP contribution in [0.3, 0.4) is 0 Å². The molecule has 1 aromatic rings. The molecule has 20 heavy (non-hydrogen) atoms. The van der Waals surface area contributed by atoms with Crippen LogP contribution in [0.4, 0.5) is 0 Å². The van der Waals surface area contributed by atoms with E-state index >= 15 is 0 Å². The first kappa shape index (κ1) is 15.4. The Hall–Kier alpha value is -1.00. The van der Waals surface area contributed by atoms with Gasteiger partial charge in [-0.15, -0.1) is 11.8 Å². The van der Waals surface area contributed by atoms with Crippen molar-refractivity contribution < 1.29 is 4.79 Å².